The summed E-state index contributed by atoms with van der Waals surface area (Å²) in [4.78, 5) is 11.9. The number of ether oxygens (including phenoxy) is 1. The van der Waals surface area contributed by atoms with Crippen molar-refractivity contribution in [2.75, 3.05) is 0 Å². The molecule has 94 valence electrons. The summed E-state index contributed by atoms with van der Waals surface area (Å²) in [7, 11) is 0. The number of para-hydroxylation sites is 1. The van der Waals surface area contributed by atoms with Gasteiger partial charge in [-0.05, 0) is 38.8 Å². The molecule has 0 saturated heterocycles. The molecule has 3 heteroatoms. The van der Waals surface area contributed by atoms with Gasteiger partial charge >= 0.3 is 0 Å². The lowest BCUT2D eigenvalue weighted by atomic mass is 10.2. The van der Waals surface area contributed by atoms with Gasteiger partial charge in [0.05, 0.1) is 0 Å². The zero-order valence-electron chi connectivity index (χ0n) is 11.0. The SMILES string of the molecule is CC[C@@H](Oc1ccccc1C)C(=O)NC(C)C. The second-order valence-corrected chi connectivity index (χ2v) is 4.44. The number of carbonyl (C=O) groups excluding carboxylic acids is 1. The van der Waals surface area contributed by atoms with E-state index in [1.54, 1.807) is 0 Å². The molecule has 0 unspecified atom stereocenters. The Morgan fingerprint density at radius 3 is 2.53 bits per heavy atom. The van der Waals surface area contributed by atoms with Crippen molar-refractivity contribution in [1.82, 2.24) is 5.32 Å². The minimum atomic E-state index is -0.418. The molecule has 0 fully saturated rings. The van der Waals surface area contributed by atoms with Crippen LogP contribution in [0, 0.1) is 6.92 Å². The maximum atomic E-state index is 11.9. The van der Waals surface area contributed by atoms with Crippen molar-refractivity contribution < 1.29 is 9.53 Å². The number of carbonyl (C=O) groups is 1. The summed E-state index contributed by atoms with van der Waals surface area (Å²) in [6.45, 7) is 7.81. The molecule has 0 aliphatic heterocycles. The van der Waals surface area contributed by atoms with Crippen molar-refractivity contribution >= 4 is 5.91 Å². The lowest BCUT2D eigenvalue weighted by Crippen LogP contribution is -2.41. The summed E-state index contributed by atoms with van der Waals surface area (Å²) in [5.41, 5.74) is 1.04. The highest BCUT2D eigenvalue weighted by atomic mass is 16.5. The normalized spacial score (nSPS) is 12.3. The maximum Gasteiger partial charge on any atom is 0.261 e. The van der Waals surface area contributed by atoms with E-state index in [2.05, 4.69) is 5.32 Å². The van der Waals surface area contributed by atoms with Crippen LogP contribution in [-0.4, -0.2) is 18.1 Å². The van der Waals surface area contributed by atoms with Gasteiger partial charge in [0.1, 0.15) is 5.75 Å². The molecule has 1 aromatic carbocycles. The highest BCUT2D eigenvalue weighted by Crippen LogP contribution is 2.18. The predicted molar refractivity (Wildman–Crippen MR) is 69.2 cm³/mol. The Morgan fingerprint density at radius 2 is 2.00 bits per heavy atom. The average Bonchev–Trinajstić information content (AvgIpc) is 2.27. The van der Waals surface area contributed by atoms with Crippen molar-refractivity contribution in [3.63, 3.8) is 0 Å². The molecule has 0 aliphatic carbocycles. The standard InChI is InChI=1S/C14H21NO2/c1-5-12(14(16)15-10(2)3)17-13-9-7-6-8-11(13)4/h6-10,12H,5H2,1-4H3,(H,15,16)/t12-/m1/s1. The van der Waals surface area contributed by atoms with Gasteiger partial charge in [-0.2, -0.15) is 0 Å². The average molecular weight is 235 g/mol. The molecule has 3 nitrogen and oxygen atoms in total. The molecule has 1 aromatic rings. The van der Waals surface area contributed by atoms with Crippen molar-refractivity contribution in [2.45, 2.75) is 46.3 Å². The Labute approximate surface area is 103 Å². The van der Waals surface area contributed by atoms with Crippen LogP contribution in [0.1, 0.15) is 32.8 Å². The molecule has 17 heavy (non-hydrogen) atoms. The molecule has 1 amide bonds. The number of amides is 1. The smallest absolute Gasteiger partial charge is 0.261 e. The topological polar surface area (TPSA) is 38.3 Å². The fraction of sp³-hybridized carbons (Fsp3) is 0.500. The summed E-state index contributed by atoms with van der Waals surface area (Å²) in [5, 5.41) is 2.87. The van der Waals surface area contributed by atoms with E-state index in [9.17, 15) is 4.79 Å². The van der Waals surface area contributed by atoms with Crippen molar-refractivity contribution in [2.24, 2.45) is 0 Å². The van der Waals surface area contributed by atoms with Crippen molar-refractivity contribution in [3.8, 4) is 5.75 Å². The number of aryl methyl sites for hydroxylation is 1. The molecule has 0 heterocycles. The van der Waals surface area contributed by atoms with Crippen LogP contribution in [0.25, 0.3) is 0 Å². The first kappa shape index (κ1) is 13.6. The van der Waals surface area contributed by atoms with Crippen LogP contribution in [-0.2, 0) is 4.79 Å². The second-order valence-electron chi connectivity index (χ2n) is 4.44. The monoisotopic (exact) mass is 235 g/mol. The third-order valence-electron chi connectivity index (χ3n) is 2.46. The number of rotatable bonds is 5. The molecule has 0 aromatic heterocycles. The van der Waals surface area contributed by atoms with Crippen LogP contribution in [0.5, 0.6) is 5.75 Å². The zero-order valence-corrected chi connectivity index (χ0v) is 11.0. The van der Waals surface area contributed by atoms with Gasteiger partial charge in [0.15, 0.2) is 6.10 Å². The molecule has 1 rings (SSSR count). The zero-order chi connectivity index (χ0) is 12.8. The summed E-state index contributed by atoms with van der Waals surface area (Å²) < 4.78 is 5.75. The Hall–Kier alpha value is -1.51. The van der Waals surface area contributed by atoms with Gasteiger partial charge in [-0.25, -0.2) is 0 Å². The van der Waals surface area contributed by atoms with Crippen LogP contribution < -0.4 is 10.1 Å². The minimum Gasteiger partial charge on any atom is -0.480 e. The molecule has 0 bridgehead atoms. The van der Waals surface area contributed by atoms with E-state index in [1.165, 1.54) is 0 Å². The summed E-state index contributed by atoms with van der Waals surface area (Å²) in [6, 6.07) is 7.87. The van der Waals surface area contributed by atoms with Gasteiger partial charge in [0.25, 0.3) is 5.91 Å². The molecule has 0 spiro atoms. The Kier molecular flexibility index (Phi) is 5.01. The Morgan fingerprint density at radius 1 is 1.35 bits per heavy atom. The quantitative estimate of drug-likeness (QED) is 0.852. The number of hydrogen-bond acceptors (Lipinski definition) is 2. The fourth-order valence-corrected chi connectivity index (χ4v) is 1.54. The summed E-state index contributed by atoms with van der Waals surface area (Å²) in [6.07, 6.45) is 0.242. The van der Waals surface area contributed by atoms with Crippen LogP contribution in [0.3, 0.4) is 0 Å². The lowest BCUT2D eigenvalue weighted by molar-refractivity contribution is -0.128. The largest absolute Gasteiger partial charge is 0.480 e. The van der Waals surface area contributed by atoms with E-state index in [1.807, 2.05) is 52.0 Å². The number of nitrogens with one attached hydrogen (secondary N) is 1. The molecule has 0 saturated carbocycles. The lowest BCUT2D eigenvalue weighted by Gasteiger charge is -2.19. The third kappa shape index (κ3) is 4.10. The van der Waals surface area contributed by atoms with Gasteiger partial charge in [-0.1, -0.05) is 25.1 Å². The van der Waals surface area contributed by atoms with Crippen LogP contribution in [0.4, 0.5) is 0 Å². The van der Waals surface area contributed by atoms with Gasteiger partial charge in [-0.3, -0.25) is 4.79 Å². The van der Waals surface area contributed by atoms with E-state index in [4.69, 9.17) is 4.74 Å². The van der Waals surface area contributed by atoms with Gasteiger partial charge < -0.3 is 10.1 Å². The summed E-state index contributed by atoms with van der Waals surface area (Å²) >= 11 is 0. The van der Waals surface area contributed by atoms with Crippen LogP contribution >= 0.6 is 0 Å². The third-order valence-corrected chi connectivity index (χ3v) is 2.46. The van der Waals surface area contributed by atoms with E-state index in [-0.39, 0.29) is 11.9 Å². The number of benzene rings is 1. The highest BCUT2D eigenvalue weighted by molar-refractivity contribution is 5.81. The maximum absolute atomic E-state index is 11.9. The fourth-order valence-electron chi connectivity index (χ4n) is 1.54. The van der Waals surface area contributed by atoms with E-state index in [0.717, 1.165) is 11.3 Å². The Bertz CT molecular complexity index is 374. The highest BCUT2D eigenvalue weighted by Gasteiger charge is 2.19. The predicted octanol–water partition coefficient (Wildman–Crippen LogP) is 2.68. The van der Waals surface area contributed by atoms with E-state index < -0.39 is 6.10 Å². The molecule has 0 radical (unpaired) electrons. The summed E-state index contributed by atoms with van der Waals surface area (Å²) in [5.74, 6) is 0.726. The molecule has 1 atom stereocenters. The molecule has 0 aliphatic rings. The first-order chi connectivity index (χ1) is 8.04. The van der Waals surface area contributed by atoms with Gasteiger partial charge in [-0.15, -0.1) is 0 Å². The van der Waals surface area contributed by atoms with Gasteiger partial charge in [0.2, 0.25) is 0 Å². The van der Waals surface area contributed by atoms with Gasteiger partial charge in [0, 0.05) is 6.04 Å². The molecular weight excluding hydrogens is 214 g/mol. The van der Waals surface area contributed by atoms with E-state index in [0.29, 0.717) is 6.42 Å². The van der Waals surface area contributed by atoms with Crippen LogP contribution in [0.2, 0.25) is 0 Å². The Balaban J connectivity index is 2.70. The number of hydrogen-bond donors (Lipinski definition) is 1. The van der Waals surface area contributed by atoms with Crippen molar-refractivity contribution in [1.29, 1.82) is 0 Å². The van der Waals surface area contributed by atoms with E-state index >= 15 is 0 Å². The van der Waals surface area contributed by atoms with Crippen molar-refractivity contribution in [3.05, 3.63) is 29.8 Å². The first-order valence-electron chi connectivity index (χ1n) is 6.07. The first-order valence-corrected chi connectivity index (χ1v) is 6.07. The second kappa shape index (κ2) is 6.28. The molecular formula is C14H21NO2. The van der Waals surface area contributed by atoms with Crippen LogP contribution in [0.15, 0.2) is 24.3 Å². The minimum absolute atomic E-state index is 0.0502. The molecule has 1 N–H and O–H groups in total.